The molecule has 0 fully saturated rings. The van der Waals surface area contributed by atoms with Gasteiger partial charge in [0, 0.05) is 24.8 Å². The molecule has 3 heteroatoms. The van der Waals surface area contributed by atoms with Crippen LogP contribution >= 0.6 is 0 Å². The predicted molar refractivity (Wildman–Crippen MR) is 75.6 cm³/mol. The lowest BCUT2D eigenvalue weighted by atomic mass is 9.87. The van der Waals surface area contributed by atoms with Crippen LogP contribution in [0.15, 0.2) is 4.99 Å². The molecular weight excluding hydrogens is 210 g/mol. The average molecular weight is 239 g/mol. The minimum Gasteiger partial charge on any atom is -0.327 e. The zero-order chi connectivity index (χ0) is 12.8. The maximum absolute atomic E-state index is 6.34. The van der Waals surface area contributed by atoms with Crippen LogP contribution in [0.4, 0.5) is 0 Å². The number of hydrogen-bond acceptors (Lipinski definition) is 3. The first-order valence-electron chi connectivity index (χ1n) is 7.00. The van der Waals surface area contributed by atoms with E-state index >= 15 is 0 Å². The van der Waals surface area contributed by atoms with Crippen LogP contribution in [-0.4, -0.2) is 43.3 Å². The van der Waals surface area contributed by atoms with E-state index in [2.05, 4.69) is 43.9 Å². The molecule has 100 valence electrons. The van der Waals surface area contributed by atoms with Crippen molar-refractivity contribution in [2.24, 2.45) is 22.6 Å². The summed E-state index contributed by atoms with van der Waals surface area (Å²) in [5.74, 6) is 1.19. The first kappa shape index (κ1) is 14.7. The Morgan fingerprint density at radius 3 is 2.65 bits per heavy atom. The largest absolute Gasteiger partial charge is 0.327 e. The quantitative estimate of drug-likeness (QED) is 0.740. The number of likely N-dealkylation sites (N-methyl/N-ethyl adjacent to an activating group) is 1. The zero-order valence-electron chi connectivity index (χ0n) is 11.9. The van der Waals surface area contributed by atoms with E-state index in [-0.39, 0.29) is 0 Å². The van der Waals surface area contributed by atoms with Gasteiger partial charge in [0.2, 0.25) is 0 Å². The molecule has 0 bridgehead atoms. The normalized spacial score (nSPS) is 23.6. The highest BCUT2D eigenvalue weighted by Gasteiger charge is 2.25. The van der Waals surface area contributed by atoms with Gasteiger partial charge in [-0.1, -0.05) is 27.2 Å². The molecule has 0 saturated carbocycles. The van der Waals surface area contributed by atoms with Gasteiger partial charge in [0.25, 0.3) is 0 Å². The van der Waals surface area contributed by atoms with Crippen LogP contribution in [0.25, 0.3) is 0 Å². The van der Waals surface area contributed by atoms with Crippen molar-refractivity contribution >= 4 is 6.21 Å². The Hall–Kier alpha value is -0.410. The van der Waals surface area contributed by atoms with Gasteiger partial charge >= 0.3 is 0 Å². The lowest BCUT2D eigenvalue weighted by molar-refractivity contribution is 0.182. The van der Waals surface area contributed by atoms with Crippen LogP contribution in [-0.2, 0) is 0 Å². The molecule has 0 spiro atoms. The topological polar surface area (TPSA) is 41.6 Å². The second-order valence-electron chi connectivity index (χ2n) is 5.75. The van der Waals surface area contributed by atoms with E-state index in [1.165, 1.54) is 12.8 Å². The fourth-order valence-electron chi connectivity index (χ4n) is 2.63. The number of aliphatic imine (C=N–C) groups is 1. The number of nitrogens with zero attached hydrogens (tertiary/aromatic N) is 2. The molecule has 0 aliphatic carbocycles. The molecule has 0 saturated heterocycles. The summed E-state index contributed by atoms with van der Waals surface area (Å²) in [6.07, 6.45) is 5.61. The van der Waals surface area contributed by atoms with Crippen LogP contribution in [0, 0.1) is 11.8 Å². The summed E-state index contributed by atoms with van der Waals surface area (Å²) in [6, 6.07) is 0.924. The maximum atomic E-state index is 6.34. The summed E-state index contributed by atoms with van der Waals surface area (Å²) >= 11 is 0. The SMILES string of the molecule is CCCC(CN(C)C1CC=NC1)C(N)C(C)C. The Labute approximate surface area is 106 Å². The van der Waals surface area contributed by atoms with Crippen molar-refractivity contribution in [1.82, 2.24) is 4.90 Å². The third kappa shape index (κ3) is 4.40. The molecule has 2 N–H and O–H groups in total. The van der Waals surface area contributed by atoms with Crippen LogP contribution in [0.1, 0.15) is 40.0 Å². The lowest BCUT2D eigenvalue weighted by Gasteiger charge is -2.33. The summed E-state index contributed by atoms with van der Waals surface area (Å²) in [5.41, 5.74) is 6.34. The number of nitrogens with two attached hydrogens (primary N) is 1. The van der Waals surface area contributed by atoms with E-state index in [0.29, 0.717) is 23.9 Å². The van der Waals surface area contributed by atoms with Crippen LogP contribution in [0.5, 0.6) is 0 Å². The molecule has 1 aliphatic heterocycles. The summed E-state index contributed by atoms with van der Waals surface area (Å²) < 4.78 is 0. The fraction of sp³-hybridized carbons (Fsp3) is 0.929. The number of rotatable bonds is 7. The molecule has 0 radical (unpaired) electrons. The van der Waals surface area contributed by atoms with Gasteiger partial charge in [-0.2, -0.15) is 0 Å². The van der Waals surface area contributed by atoms with Crippen molar-refractivity contribution in [3.05, 3.63) is 0 Å². The van der Waals surface area contributed by atoms with Gasteiger partial charge in [-0.15, -0.1) is 0 Å². The van der Waals surface area contributed by atoms with E-state index < -0.39 is 0 Å². The Bertz CT molecular complexity index is 230. The summed E-state index contributed by atoms with van der Waals surface area (Å²) in [7, 11) is 2.22. The monoisotopic (exact) mass is 239 g/mol. The molecule has 17 heavy (non-hydrogen) atoms. The molecule has 0 amide bonds. The lowest BCUT2D eigenvalue weighted by Crippen LogP contribution is -2.44. The first-order valence-corrected chi connectivity index (χ1v) is 7.00. The van der Waals surface area contributed by atoms with Crippen molar-refractivity contribution in [2.75, 3.05) is 20.1 Å². The summed E-state index contributed by atoms with van der Waals surface area (Å²) in [5, 5.41) is 0. The average Bonchev–Trinajstić information content (AvgIpc) is 2.80. The molecular formula is C14H29N3. The van der Waals surface area contributed by atoms with Gasteiger partial charge in [-0.3, -0.25) is 4.99 Å². The maximum Gasteiger partial charge on any atom is 0.0544 e. The van der Waals surface area contributed by atoms with E-state index in [4.69, 9.17) is 5.73 Å². The minimum atomic E-state index is 0.319. The van der Waals surface area contributed by atoms with Crippen molar-refractivity contribution in [3.8, 4) is 0 Å². The molecule has 1 heterocycles. The van der Waals surface area contributed by atoms with E-state index in [9.17, 15) is 0 Å². The standard InChI is InChI=1S/C14H29N3/c1-5-6-12(14(15)11(2)3)10-17(4)13-7-8-16-9-13/h8,11-14H,5-7,9-10,15H2,1-4H3. The van der Waals surface area contributed by atoms with E-state index in [1.54, 1.807) is 0 Å². The second kappa shape index (κ2) is 7.12. The fourth-order valence-corrected chi connectivity index (χ4v) is 2.63. The van der Waals surface area contributed by atoms with Crippen molar-refractivity contribution in [1.29, 1.82) is 0 Å². The third-order valence-electron chi connectivity index (χ3n) is 3.94. The van der Waals surface area contributed by atoms with Gasteiger partial charge in [0.05, 0.1) is 6.54 Å². The molecule has 1 aliphatic rings. The van der Waals surface area contributed by atoms with Crippen molar-refractivity contribution in [2.45, 2.75) is 52.1 Å². The Morgan fingerprint density at radius 1 is 1.47 bits per heavy atom. The predicted octanol–water partition coefficient (Wildman–Crippen LogP) is 2.16. The molecule has 0 aromatic heterocycles. The third-order valence-corrected chi connectivity index (χ3v) is 3.94. The van der Waals surface area contributed by atoms with Gasteiger partial charge in [0.15, 0.2) is 0 Å². The van der Waals surface area contributed by atoms with Crippen LogP contribution in [0.2, 0.25) is 0 Å². The highest BCUT2D eigenvalue weighted by molar-refractivity contribution is 5.60. The van der Waals surface area contributed by atoms with E-state index in [0.717, 1.165) is 19.5 Å². The van der Waals surface area contributed by atoms with Gasteiger partial charge < -0.3 is 10.6 Å². The molecule has 3 unspecified atom stereocenters. The molecule has 0 aromatic rings. The molecule has 0 aromatic carbocycles. The summed E-state index contributed by atoms with van der Waals surface area (Å²) in [6.45, 7) is 8.78. The Morgan fingerprint density at radius 2 is 2.18 bits per heavy atom. The van der Waals surface area contributed by atoms with Gasteiger partial charge in [0.1, 0.15) is 0 Å². The van der Waals surface area contributed by atoms with Crippen LogP contribution in [0.3, 0.4) is 0 Å². The Balaban J connectivity index is 2.47. The zero-order valence-corrected chi connectivity index (χ0v) is 11.9. The minimum absolute atomic E-state index is 0.319. The number of hydrogen-bond donors (Lipinski definition) is 1. The molecule has 3 atom stereocenters. The van der Waals surface area contributed by atoms with Crippen molar-refractivity contribution in [3.63, 3.8) is 0 Å². The van der Waals surface area contributed by atoms with Crippen LogP contribution < -0.4 is 5.73 Å². The van der Waals surface area contributed by atoms with Gasteiger partial charge in [-0.25, -0.2) is 0 Å². The highest BCUT2D eigenvalue weighted by atomic mass is 15.2. The first-order chi connectivity index (χ1) is 8.06. The van der Waals surface area contributed by atoms with Gasteiger partial charge in [-0.05, 0) is 31.7 Å². The second-order valence-corrected chi connectivity index (χ2v) is 5.75. The highest BCUT2D eigenvalue weighted by Crippen LogP contribution is 2.19. The van der Waals surface area contributed by atoms with Crippen molar-refractivity contribution < 1.29 is 0 Å². The molecule has 1 rings (SSSR count). The smallest absolute Gasteiger partial charge is 0.0544 e. The summed E-state index contributed by atoms with van der Waals surface area (Å²) in [4.78, 5) is 6.78. The Kier molecular flexibility index (Phi) is 6.14. The molecule has 3 nitrogen and oxygen atoms in total. The van der Waals surface area contributed by atoms with E-state index in [1.807, 2.05) is 0 Å².